The third kappa shape index (κ3) is 3.01. The standard InChI is InChI=1S/C15H18O6/c1-15(2,19)12(17)6-9-10(16)7-11-8(14(9)20-3)4-5-13(18)21-11/h4-5,7,12,16-17,19H,6H2,1-3H3. The van der Waals surface area contributed by atoms with Gasteiger partial charge in [0.25, 0.3) is 0 Å². The van der Waals surface area contributed by atoms with Gasteiger partial charge in [-0.25, -0.2) is 4.79 Å². The lowest BCUT2D eigenvalue weighted by atomic mass is 9.93. The number of aliphatic hydroxyl groups is 2. The van der Waals surface area contributed by atoms with E-state index in [4.69, 9.17) is 9.15 Å². The van der Waals surface area contributed by atoms with Crippen LogP contribution in [-0.4, -0.2) is 34.1 Å². The van der Waals surface area contributed by atoms with Gasteiger partial charge in [-0.3, -0.25) is 0 Å². The smallest absolute Gasteiger partial charge is 0.336 e. The molecule has 1 unspecified atom stereocenters. The molecular weight excluding hydrogens is 276 g/mol. The lowest BCUT2D eigenvalue weighted by Gasteiger charge is -2.25. The molecule has 114 valence electrons. The van der Waals surface area contributed by atoms with E-state index < -0.39 is 17.3 Å². The number of hydrogen-bond donors (Lipinski definition) is 3. The average molecular weight is 294 g/mol. The fourth-order valence-electron chi connectivity index (χ4n) is 2.09. The van der Waals surface area contributed by atoms with Crippen LogP contribution < -0.4 is 10.4 Å². The van der Waals surface area contributed by atoms with Crippen LogP contribution in [0.2, 0.25) is 0 Å². The number of fused-ring (bicyclic) bond motifs is 1. The van der Waals surface area contributed by atoms with Gasteiger partial charge >= 0.3 is 5.63 Å². The first kappa shape index (κ1) is 15.3. The monoisotopic (exact) mass is 294 g/mol. The lowest BCUT2D eigenvalue weighted by Crippen LogP contribution is -2.37. The van der Waals surface area contributed by atoms with Gasteiger partial charge in [0.05, 0.1) is 24.2 Å². The quantitative estimate of drug-likeness (QED) is 0.732. The van der Waals surface area contributed by atoms with E-state index in [-0.39, 0.29) is 17.8 Å². The molecule has 0 amide bonds. The van der Waals surface area contributed by atoms with Gasteiger partial charge in [-0.05, 0) is 19.9 Å². The Morgan fingerprint density at radius 2 is 2.05 bits per heavy atom. The highest BCUT2D eigenvalue weighted by atomic mass is 16.5. The van der Waals surface area contributed by atoms with Crippen LogP contribution in [0.25, 0.3) is 11.0 Å². The first-order valence-corrected chi connectivity index (χ1v) is 6.47. The summed E-state index contributed by atoms with van der Waals surface area (Å²) in [5.41, 5.74) is -1.32. The molecule has 1 atom stereocenters. The number of aromatic hydroxyl groups is 1. The van der Waals surface area contributed by atoms with E-state index in [0.717, 1.165) is 0 Å². The molecule has 1 aromatic heterocycles. The van der Waals surface area contributed by atoms with Crippen LogP contribution in [0.15, 0.2) is 27.4 Å². The minimum absolute atomic E-state index is 0.00638. The molecule has 1 aromatic carbocycles. The number of methoxy groups -OCH3 is 1. The first-order chi connectivity index (χ1) is 9.74. The number of hydrogen-bond acceptors (Lipinski definition) is 6. The maximum absolute atomic E-state index is 11.2. The Morgan fingerprint density at radius 1 is 1.38 bits per heavy atom. The molecule has 21 heavy (non-hydrogen) atoms. The molecule has 0 bridgehead atoms. The van der Waals surface area contributed by atoms with Crippen LogP contribution in [0.4, 0.5) is 0 Å². The van der Waals surface area contributed by atoms with Gasteiger partial charge in [0.1, 0.15) is 17.1 Å². The van der Waals surface area contributed by atoms with Crippen LogP contribution in [0.5, 0.6) is 11.5 Å². The van der Waals surface area contributed by atoms with Crippen molar-refractivity contribution in [3.8, 4) is 11.5 Å². The minimum atomic E-state index is -1.32. The lowest BCUT2D eigenvalue weighted by molar-refractivity contribution is -0.0472. The van der Waals surface area contributed by atoms with Crippen molar-refractivity contribution in [3.63, 3.8) is 0 Å². The number of phenolic OH excluding ortho intramolecular Hbond substituents is 1. The molecular formula is C15H18O6. The molecule has 1 heterocycles. The summed E-state index contributed by atoms with van der Waals surface area (Å²) in [6.45, 7) is 2.95. The summed E-state index contributed by atoms with van der Waals surface area (Å²) >= 11 is 0. The summed E-state index contributed by atoms with van der Waals surface area (Å²) in [6, 6.07) is 4.07. The second-order valence-electron chi connectivity index (χ2n) is 5.45. The normalized spacial score (nSPS) is 13.4. The van der Waals surface area contributed by atoms with E-state index in [2.05, 4.69) is 0 Å². The van der Waals surface area contributed by atoms with E-state index in [1.165, 1.54) is 39.2 Å². The predicted octanol–water partition coefficient (Wildman–Crippen LogP) is 1.18. The van der Waals surface area contributed by atoms with E-state index >= 15 is 0 Å². The molecule has 0 aliphatic rings. The number of ether oxygens (including phenoxy) is 1. The van der Waals surface area contributed by atoms with Crippen LogP contribution in [0.3, 0.4) is 0 Å². The predicted molar refractivity (Wildman–Crippen MR) is 76.7 cm³/mol. The number of aliphatic hydroxyl groups excluding tert-OH is 1. The zero-order valence-corrected chi connectivity index (χ0v) is 12.1. The summed E-state index contributed by atoms with van der Waals surface area (Å²) in [7, 11) is 1.42. The second-order valence-corrected chi connectivity index (χ2v) is 5.45. The Balaban J connectivity index is 2.61. The maximum atomic E-state index is 11.2. The second kappa shape index (κ2) is 5.38. The Labute approximate surface area is 121 Å². The summed E-state index contributed by atoms with van der Waals surface area (Å²) in [5.74, 6) is 0.133. The van der Waals surface area contributed by atoms with Gasteiger partial charge in [0, 0.05) is 24.1 Å². The van der Waals surface area contributed by atoms with Crippen molar-refractivity contribution in [2.24, 2.45) is 0 Å². The fourth-order valence-corrected chi connectivity index (χ4v) is 2.09. The molecule has 0 aliphatic heterocycles. The van der Waals surface area contributed by atoms with E-state index in [0.29, 0.717) is 16.7 Å². The Hall–Kier alpha value is -2.05. The summed E-state index contributed by atoms with van der Waals surface area (Å²) in [5, 5.41) is 30.4. The molecule has 0 saturated heterocycles. The van der Waals surface area contributed by atoms with Crippen LogP contribution in [0.1, 0.15) is 19.4 Å². The number of rotatable bonds is 4. The molecule has 3 N–H and O–H groups in total. The summed E-state index contributed by atoms with van der Waals surface area (Å²) < 4.78 is 10.3. The molecule has 2 rings (SSSR count). The van der Waals surface area contributed by atoms with Crippen LogP contribution >= 0.6 is 0 Å². The molecule has 0 saturated carbocycles. The van der Waals surface area contributed by atoms with Crippen molar-refractivity contribution < 1.29 is 24.5 Å². The summed E-state index contributed by atoms with van der Waals surface area (Å²) in [4.78, 5) is 11.2. The molecule has 0 fully saturated rings. The Morgan fingerprint density at radius 3 is 2.62 bits per heavy atom. The van der Waals surface area contributed by atoms with Crippen LogP contribution in [-0.2, 0) is 6.42 Å². The van der Waals surface area contributed by atoms with Gasteiger partial charge < -0.3 is 24.5 Å². The number of benzene rings is 1. The SMILES string of the molecule is COc1c(CC(O)C(C)(C)O)c(O)cc2oc(=O)ccc12. The third-order valence-electron chi connectivity index (χ3n) is 3.37. The Bertz CT molecular complexity index is 710. The zero-order valence-electron chi connectivity index (χ0n) is 12.1. The highest BCUT2D eigenvalue weighted by Crippen LogP contribution is 2.37. The van der Waals surface area contributed by atoms with Crippen LogP contribution in [0, 0.1) is 0 Å². The van der Waals surface area contributed by atoms with Gasteiger partial charge in [-0.1, -0.05) is 0 Å². The van der Waals surface area contributed by atoms with E-state index in [9.17, 15) is 20.1 Å². The topological polar surface area (TPSA) is 100 Å². The van der Waals surface area contributed by atoms with E-state index in [1.54, 1.807) is 0 Å². The molecule has 6 heteroatoms. The van der Waals surface area contributed by atoms with E-state index in [1.807, 2.05) is 0 Å². The third-order valence-corrected chi connectivity index (χ3v) is 3.37. The highest BCUT2D eigenvalue weighted by molar-refractivity contribution is 5.87. The average Bonchev–Trinajstić information content (AvgIpc) is 2.38. The molecule has 2 aromatic rings. The molecule has 0 radical (unpaired) electrons. The van der Waals surface area contributed by atoms with Crippen molar-refractivity contribution in [3.05, 3.63) is 34.2 Å². The largest absolute Gasteiger partial charge is 0.507 e. The van der Waals surface area contributed by atoms with Gasteiger partial charge in [-0.15, -0.1) is 0 Å². The van der Waals surface area contributed by atoms with Crippen molar-refractivity contribution >= 4 is 11.0 Å². The maximum Gasteiger partial charge on any atom is 0.336 e. The van der Waals surface area contributed by atoms with Gasteiger partial charge in [0.2, 0.25) is 0 Å². The van der Waals surface area contributed by atoms with Crippen molar-refractivity contribution in [1.82, 2.24) is 0 Å². The fraction of sp³-hybridized carbons (Fsp3) is 0.400. The first-order valence-electron chi connectivity index (χ1n) is 6.47. The Kier molecular flexibility index (Phi) is 3.93. The molecule has 6 nitrogen and oxygen atoms in total. The molecule has 0 spiro atoms. The van der Waals surface area contributed by atoms with Crippen molar-refractivity contribution in [2.45, 2.75) is 32.0 Å². The van der Waals surface area contributed by atoms with Gasteiger partial charge in [0.15, 0.2) is 0 Å². The zero-order chi connectivity index (χ0) is 15.8. The highest BCUT2D eigenvalue weighted by Gasteiger charge is 2.28. The van der Waals surface area contributed by atoms with Crippen molar-refractivity contribution in [2.75, 3.05) is 7.11 Å². The van der Waals surface area contributed by atoms with Crippen molar-refractivity contribution in [1.29, 1.82) is 0 Å². The minimum Gasteiger partial charge on any atom is -0.507 e. The number of phenols is 1. The van der Waals surface area contributed by atoms with Gasteiger partial charge in [-0.2, -0.15) is 0 Å². The summed E-state index contributed by atoms with van der Waals surface area (Å²) in [6.07, 6.45) is -1.10. The molecule has 0 aliphatic carbocycles.